The molecule has 5 nitrogen and oxygen atoms in total. The molecule has 5 heteroatoms. The van der Waals surface area contributed by atoms with Gasteiger partial charge in [0.05, 0.1) is 6.04 Å². The van der Waals surface area contributed by atoms with E-state index >= 15 is 0 Å². The van der Waals surface area contributed by atoms with Crippen LogP contribution in [0.15, 0.2) is 4.52 Å². The SMILES string of the molecule is CCOC(C)c1noc([C@H](C)N)n1. The maximum Gasteiger partial charge on any atom is 0.243 e. The van der Waals surface area contributed by atoms with Crippen molar-refractivity contribution in [2.45, 2.75) is 32.9 Å². The molecular formula is C8H15N3O2. The maximum atomic E-state index is 5.56. The molecule has 1 aromatic rings. The summed E-state index contributed by atoms with van der Waals surface area (Å²) in [5.74, 6) is 0.996. The Morgan fingerprint density at radius 2 is 2.23 bits per heavy atom. The first kappa shape index (κ1) is 10.1. The van der Waals surface area contributed by atoms with E-state index in [-0.39, 0.29) is 12.1 Å². The lowest BCUT2D eigenvalue weighted by Crippen LogP contribution is -2.06. The number of aromatic nitrogens is 2. The predicted octanol–water partition coefficient (Wildman–Crippen LogP) is 1.19. The van der Waals surface area contributed by atoms with E-state index in [0.717, 1.165) is 0 Å². The first-order valence-electron chi connectivity index (χ1n) is 4.35. The van der Waals surface area contributed by atoms with Crippen LogP contribution < -0.4 is 5.73 Å². The fourth-order valence-corrected chi connectivity index (χ4v) is 0.922. The molecule has 0 spiro atoms. The van der Waals surface area contributed by atoms with Gasteiger partial charge >= 0.3 is 0 Å². The van der Waals surface area contributed by atoms with Crippen LogP contribution in [0, 0.1) is 0 Å². The van der Waals surface area contributed by atoms with Crippen LogP contribution in [-0.2, 0) is 4.74 Å². The van der Waals surface area contributed by atoms with Gasteiger partial charge in [0.15, 0.2) is 5.82 Å². The van der Waals surface area contributed by atoms with Gasteiger partial charge in [0.1, 0.15) is 6.10 Å². The first-order chi connectivity index (χ1) is 6.15. The van der Waals surface area contributed by atoms with Crippen LogP contribution in [0.1, 0.15) is 44.6 Å². The van der Waals surface area contributed by atoms with E-state index in [2.05, 4.69) is 10.1 Å². The van der Waals surface area contributed by atoms with Crippen molar-refractivity contribution in [2.24, 2.45) is 5.73 Å². The molecule has 1 heterocycles. The molecule has 0 bridgehead atoms. The summed E-state index contributed by atoms with van der Waals surface area (Å²) < 4.78 is 10.2. The Morgan fingerprint density at radius 3 is 2.69 bits per heavy atom. The zero-order valence-electron chi connectivity index (χ0n) is 8.15. The molecule has 0 aliphatic rings. The van der Waals surface area contributed by atoms with Gasteiger partial charge in [0.25, 0.3) is 0 Å². The van der Waals surface area contributed by atoms with Crippen molar-refractivity contribution in [1.82, 2.24) is 10.1 Å². The number of rotatable bonds is 4. The molecule has 0 saturated carbocycles. The van der Waals surface area contributed by atoms with Gasteiger partial charge < -0.3 is 15.0 Å². The van der Waals surface area contributed by atoms with E-state index in [1.54, 1.807) is 6.92 Å². The van der Waals surface area contributed by atoms with Gasteiger partial charge in [0.2, 0.25) is 5.89 Å². The van der Waals surface area contributed by atoms with Crippen molar-refractivity contribution < 1.29 is 9.26 Å². The molecule has 2 N–H and O–H groups in total. The molecule has 0 aliphatic heterocycles. The van der Waals surface area contributed by atoms with Gasteiger partial charge in [-0.15, -0.1) is 0 Å². The highest BCUT2D eigenvalue weighted by molar-refractivity contribution is 4.92. The normalized spacial score (nSPS) is 15.7. The third kappa shape index (κ3) is 2.50. The zero-order valence-corrected chi connectivity index (χ0v) is 8.15. The van der Waals surface area contributed by atoms with E-state index in [9.17, 15) is 0 Å². The Labute approximate surface area is 77.3 Å². The summed E-state index contributed by atoms with van der Waals surface area (Å²) in [6.45, 7) is 6.22. The van der Waals surface area contributed by atoms with Crippen molar-refractivity contribution in [3.8, 4) is 0 Å². The van der Waals surface area contributed by atoms with Gasteiger partial charge in [0, 0.05) is 6.61 Å². The molecule has 1 rings (SSSR count). The lowest BCUT2D eigenvalue weighted by Gasteiger charge is -2.04. The number of nitrogens with zero attached hydrogens (tertiary/aromatic N) is 2. The number of nitrogens with two attached hydrogens (primary N) is 1. The minimum absolute atomic E-state index is 0.138. The largest absolute Gasteiger partial charge is 0.371 e. The molecule has 0 radical (unpaired) electrons. The third-order valence-electron chi connectivity index (χ3n) is 1.63. The summed E-state index contributed by atoms with van der Waals surface area (Å²) >= 11 is 0. The van der Waals surface area contributed by atoms with Crippen molar-refractivity contribution in [3.05, 3.63) is 11.7 Å². The molecule has 0 aliphatic carbocycles. The Hall–Kier alpha value is -0.940. The second kappa shape index (κ2) is 4.34. The van der Waals surface area contributed by atoms with Gasteiger partial charge in [-0.25, -0.2) is 0 Å². The van der Waals surface area contributed by atoms with E-state index in [4.69, 9.17) is 15.0 Å². The highest BCUT2D eigenvalue weighted by Crippen LogP contribution is 2.14. The molecule has 1 aromatic heterocycles. The van der Waals surface area contributed by atoms with E-state index in [1.165, 1.54) is 0 Å². The number of hydrogen-bond acceptors (Lipinski definition) is 5. The van der Waals surface area contributed by atoms with Crippen LogP contribution in [-0.4, -0.2) is 16.7 Å². The quantitative estimate of drug-likeness (QED) is 0.762. The molecule has 2 atom stereocenters. The molecular weight excluding hydrogens is 170 g/mol. The maximum absolute atomic E-state index is 5.56. The average Bonchev–Trinajstić information content (AvgIpc) is 2.52. The molecule has 13 heavy (non-hydrogen) atoms. The van der Waals surface area contributed by atoms with Gasteiger partial charge in [-0.2, -0.15) is 4.98 Å². The zero-order chi connectivity index (χ0) is 9.84. The molecule has 0 amide bonds. The van der Waals surface area contributed by atoms with Crippen LogP contribution in [0.5, 0.6) is 0 Å². The van der Waals surface area contributed by atoms with Crippen LogP contribution in [0.2, 0.25) is 0 Å². The Kier molecular flexibility index (Phi) is 3.39. The molecule has 0 aromatic carbocycles. The summed E-state index contributed by atoms with van der Waals surface area (Å²) in [7, 11) is 0. The summed E-state index contributed by atoms with van der Waals surface area (Å²) in [5.41, 5.74) is 5.56. The highest BCUT2D eigenvalue weighted by atomic mass is 16.5. The van der Waals surface area contributed by atoms with E-state index < -0.39 is 0 Å². The van der Waals surface area contributed by atoms with Gasteiger partial charge in [-0.05, 0) is 20.8 Å². The minimum atomic E-state index is -0.227. The second-order valence-electron chi connectivity index (χ2n) is 2.88. The number of ether oxygens (including phenoxy) is 1. The van der Waals surface area contributed by atoms with Crippen LogP contribution in [0.3, 0.4) is 0 Å². The third-order valence-corrected chi connectivity index (χ3v) is 1.63. The minimum Gasteiger partial charge on any atom is -0.371 e. The Bertz CT molecular complexity index is 260. The van der Waals surface area contributed by atoms with Crippen molar-refractivity contribution in [1.29, 1.82) is 0 Å². The van der Waals surface area contributed by atoms with Crippen LogP contribution in [0.25, 0.3) is 0 Å². The summed E-state index contributed by atoms with van der Waals surface area (Å²) in [4.78, 5) is 4.10. The topological polar surface area (TPSA) is 74.2 Å². The molecule has 0 saturated heterocycles. The smallest absolute Gasteiger partial charge is 0.243 e. The first-order valence-corrected chi connectivity index (χ1v) is 4.35. The standard InChI is InChI=1S/C8H15N3O2/c1-4-12-6(3)7-10-8(5(2)9)13-11-7/h5-6H,4,9H2,1-3H3/t5-,6?/m0/s1. The molecule has 1 unspecified atom stereocenters. The highest BCUT2D eigenvalue weighted by Gasteiger charge is 2.15. The van der Waals surface area contributed by atoms with Crippen LogP contribution in [0.4, 0.5) is 0 Å². The lowest BCUT2D eigenvalue weighted by molar-refractivity contribution is 0.0683. The van der Waals surface area contributed by atoms with E-state index in [1.807, 2.05) is 13.8 Å². The fraction of sp³-hybridized carbons (Fsp3) is 0.750. The van der Waals surface area contributed by atoms with E-state index in [0.29, 0.717) is 18.3 Å². The lowest BCUT2D eigenvalue weighted by atomic mass is 10.3. The van der Waals surface area contributed by atoms with Crippen molar-refractivity contribution >= 4 is 0 Å². The van der Waals surface area contributed by atoms with Crippen molar-refractivity contribution in [2.75, 3.05) is 6.61 Å². The average molecular weight is 185 g/mol. The van der Waals surface area contributed by atoms with Crippen molar-refractivity contribution in [3.63, 3.8) is 0 Å². The molecule has 0 fully saturated rings. The fourth-order valence-electron chi connectivity index (χ4n) is 0.922. The summed E-state index contributed by atoms with van der Waals surface area (Å²) in [5, 5.41) is 3.76. The van der Waals surface area contributed by atoms with Gasteiger partial charge in [-0.1, -0.05) is 5.16 Å². The monoisotopic (exact) mass is 185 g/mol. The second-order valence-corrected chi connectivity index (χ2v) is 2.88. The number of hydrogen-bond donors (Lipinski definition) is 1. The molecule has 74 valence electrons. The Balaban J connectivity index is 2.67. The predicted molar refractivity (Wildman–Crippen MR) is 46.9 cm³/mol. The summed E-state index contributed by atoms with van der Waals surface area (Å²) in [6, 6.07) is -0.227. The van der Waals surface area contributed by atoms with Gasteiger partial charge in [-0.3, -0.25) is 0 Å². The summed E-state index contributed by atoms with van der Waals surface area (Å²) in [6.07, 6.45) is -0.138. The van der Waals surface area contributed by atoms with Crippen LogP contribution >= 0.6 is 0 Å². The Morgan fingerprint density at radius 1 is 1.54 bits per heavy atom.